The Morgan fingerprint density at radius 3 is 2.17 bits per heavy atom. The Bertz CT molecular complexity index is 994. The second-order valence-corrected chi connectivity index (χ2v) is 9.91. The molecule has 5 nitrogen and oxygen atoms in total. The highest BCUT2D eigenvalue weighted by Gasteiger charge is 2.49. The topological polar surface area (TPSA) is 61.8 Å². The molecule has 10 heteroatoms. The lowest BCUT2D eigenvalue weighted by molar-refractivity contribution is -0.484. The van der Waals surface area contributed by atoms with Crippen LogP contribution in [0.1, 0.15) is 25.0 Å². The van der Waals surface area contributed by atoms with Gasteiger partial charge in [-0.3, -0.25) is 0 Å². The molecular weight excluding hydrogens is 477 g/mol. The van der Waals surface area contributed by atoms with Crippen LogP contribution in [0.3, 0.4) is 0 Å². The summed E-state index contributed by atoms with van der Waals surface area (Å²) in [7, 11) is -3.80. The van der Waals surface area contributed by atoms with Crippen LogP contribution in [0.15, 0.2) is 57.9 Å². The molecule has 0 saturated heterocycles. The standard InChI is InChI=1S/C19H18BrF3O5S/c1-17(12-29(24,25)14-9-7-13(20)8-10-14)15-5-3-4-6-16(15)18(2,28-27-17)26-11-19(21,22)23/h3-10H,11-12H2,1-2H3. The van der Waals surface area contributed by atoms with Crippen LogP contribution in [0.25, 0.3) is 0 Å². The average molecular weight is 495 g/mol. The van der Waals surface area contributed by atoms with Crippen LogP contribution in [0.4, 0.5) is 13.2 Å². The zero-order chi connectivity index (χ0) is 21.5. The Labute approximate surface area is 174 Å². The van der Waals surface area contributed by atoms with Gasteiger partial charge in [-0.2, -0.15) is 18.1 Å². The molecule has 0 amide bonds. The molecule has 2 aromatic carbocycles. The number of benzene rings is 2. The molecule has 0 fully saturated rings. The number of hydrogen-bond donors (Lipinski definition) is 0. The molecule has 0 radical (unpaired) electrons. The van der Waals surface area contributed by atoms with Crippen molar-refractivity contribution >= 4 is 25.8 Å². The van der Waals surface area contributed by atoms with E-state index in [1.807, 2.05) is 0 Å². The Hall–Kier alpha value is -1.46. The van der Waals surface area contributed by atoms with Gasteiger partial charge in [0.15, 0.2) is 9.84 Å². The summed E-state index contributed by atoms with van der Waals surface area (Å²) in [4.78, 5) is 10.7. The van der Waals surface area contributed by atoms with E-state index in [0.29, 0.717) is 5.56 Å². The number of halogens is 4. The third-order valence-electron chi connectivity index (χ3n) is 4.52. The first-order valence-electron chi connectivity index (χ1n) is 8.51. The maximum Gasteiger partial charge on any atom is 0.411 e. The van der Waals surface area contributed by atoms with Gasteiger partial charge >= 0.3 is 6.18 Å². The van der Waals surface area contributed by atoms with Crippen molar-refractivity contribution in [1.82, 2.24) is 0 Å². The highest BCUT2D eigenvalue weighted by molar-refractivity contribution is 9.10. The van der Waals surface area contributed by atoms with Crippen LogP contribution in [0.5, 0.6) is 0 Å². The van der Waals surface area contributed by atoms with E-state index in [0.717, 1.165) is 4.47 Å². The summed E-state index contributed by atoms with van der Waals surface area (Å²) in [6.45, 7) is 1.25. The summed E-state index contributed by atoms with van der Waals surface area (Å²) < 4.78 is 69.4. The molecule has 2 unspecified atom stereocenters. The lowest BCUT2D eigenvalue weighted by Crippen LogP contribution is -2.47. The van der Waals surface area contributed by atoms with Crippen LogP contribution in [-0.4, -0.2) is 27.0 Å². The van der Waals surface area contributed by atoms with Crippen molar-refractivity contribution in [1.29, 1.82) is 0 Å². The molecule has 1 heterocycles. The summed E-state index contributed by atoms with van der Waals surface area (Å²) in [5, 5.41) is 0. The summed E-state index contributed by atoms with van der Waals surface area (Å²) in [5.41, 5.74) is -0.815. The molecule has 1 aliphatic heterocycles. The summed E-state index contributed by atoms with van der Waals surface area (Å²) in [6.07, 6.45) is -4.56. The van der Waals surface area contributed by atoms with Gasteiger partial charge in [0, 0.05) is 10.0 Å². The first kappa shape index (κ1) is 22.2. The van der Waals surface area contributed by atoms with Gasteiger partial charge in [0.2, 0.25) is 5.79 Å². The molecular formula is C19H18BrF3O5S. The fourth-order valence-electron chi connectivity index (χ4n) is 3.11. The van der Waals surface area contributed by atoms with Gasteiger partial charge in [0.05, 0.1) is 10.6 Å². The van der Waals surface area contributed by atoms with Gasteiger partial charge in [-0.15, -0.1) is 0 Å². The fourth-order valence-corrected chi connectivity index (χ4v) is 5.02. The summed E-state index contributed by atoms with van der Waals surface area (Å²) in [6, 6.07) is 12.5. The van der Waals surface area contributed by atoms with E-state index in [1.165, 1.54) is 32.0 Å². The minimum absolute atomic E-state index is 0.0877. The van der Waals surface area contributed by atoms with E-state index in [2.05, 4.69) is 15.9 Å². The minimum Gasteiger partial charge on any atom is -0.334 e. The highest BCUT2D eigenvalue weighted by atomic mass is 79.9. The first-order chi connectivity index (χ1) is 13.3. The SMILES string of the molecule is CC1(CS(=O)(=O)c2ccc(Br)cc2)OOC(C)(OCC(F)(F)F)c2ccccc21. The van der Waals surface area contributed by atoms with Gasteiger partial charge in [-0.05, 0) is 43.7 Å². The van der Waals surface area contributed by atoms with Crippen molar-refractivity contribution in [2.45, 2.75) is 36.3 Å². The maximum atomic E-state index is 12.9. The van der Waals surface area contributed by atoms with Gasteiger partial charge in [-0.25, -0.2) is 13.3 Å². The molecule has 0 aliphatic carbocycles. The molecule has 1 aliphatic rings. The van der Waals surface area contributed by atoms with Gasteiger partial charge in [0.25, 0.3) is 0 Å². The van der Waals surface area contributed by atoms with Gasteiger partial charge in [-0.1, -0.05) is 40.2 Å². The second kappa shape index (κ2) is 7.66. The van der Waals surface area contributed by atoms with Crippen molar-refractivity contribution in [2.24, 2.45) is 0 Å². The van der Waals surface area contributed by atoms with Crippen molar-refractivity contribution in [3.63, 3.8) is 0 Å². The van der Waals surface area contributed by atoms with E-state index in [-0.39, 0.29) is 10.5 Å². The zero-order valence-electron chi connectivity index (χ0n) is 15.5. The molecule has 0 saturated carbocycles. The lowest BCUT2D eigenvalue weighted by atomic mass is 9.88. The van der Waals surface area contributed by atoms with Crippen LogP contribution in [0, 0.1) is 0 Å². The number of alkyl halides is 3. The molecule has 2 aromatic rings. The predicted octanol–water partition coefficient (Wildman–Crippen LogP) is 4.85. The Kier molecular flexibility index (Phi) is 5.87. The third-order valence-corrected chi connectivity index (χ3v) is 6.97. The summed E-state index contributed by atoms with van der Waals surface area (Å²) >= 11 is 3.25. The van der Waals surface area contributed by atoms with E-state index < -0.39 is 39.8 Å². The van der Waals surface area contributed by atoms with Crippen molar-refractivity contribution in [2.75, 3.05) is 12.4 Å². The quantitative estimate of drug-likeness (QED) is 0.556. The number of sulfone groups is 1. The summed E-state index contributed by atoms with van der Waals surface area (Å²) in [5.74, 6) is -2.32. The smallest absolute Gasteiger partial charge is 0.334 e. The predicted molar refractivity (Wildman–Crippen MR) is 102 cm³/mol. The van der Waals surface area contributed by atoms with Crippen LogP contribution >= 0.6 is 15.9 Å². The van der Waals surface area contributed by atoms with Crippen LogP contribution in [-0.2, 0) is 35.7 Å². The molecule has 0 spiro atoms. The average Bonchev–Trinajstić information content (AvgIpc) is 2.64. The zero-order valence-corrected chi connectivity index (χ0v) is 17.9. The van der Waals surface area contributed by atoms with Gasteiger partial charge in [0.1, 0.15) is 12.2 Å². The minimum atomic E-state index is -4.56. The molecule has 2 atom stereocenters. The number of rotatable bonds is 5. The maximum absolute atomic E-state index is 12.9. The van der Waals surface area contributed by atoms with E-state index in [1.54, 1.807) is 30.3 Å². The molecule has 29 heavy (non-hydrogen) atoms. The number of ether oxygens (including phenoxy) is 1. The van der Waals surface area contributed by atoms with Gasteiger partial charge < -0.3 is 4.74 Å². The van der Waals surface area contributed by atoms with Crippen LogP contribution < -0.4 is 0 Å². The monoisotopic (exact) mass is 494 g/mol. The molecule has 158 valence electrons. The fraction of sp³-hybridized carbons (Fsp3) is 0.368. The van der Waals surface area contributed by atoms with E-state index in [9.17, 15) is 21.6 Å². The van der Waals surface area contributed by atoms with E-state index >= 15 is 0 Å². The van der Waals surface area contributed by atoms with Crippen molar-refractivity contribution in [3.05, 3.63) is 64.1 Å². The second-order valence-electron chi connectivity index (χ2n) is 7.01. The number of hydrogen-bond acceptors (Lipinski definition) is 5. The van der Waals surface area contributed by atoms with E-state index in [4.69, 9.17) is 14.5 Å². The lowest BCUT2D eigenvalue weighted by Gasteiger charge is -2.42. The molecule has 0 bridgehead atoms. The van der Waals surface area contributed by atoms with Crippen LogP contribution in [0.2, 0.25) is 0 Å². The molecule has 0 N–H and O–H groups in total. The Morgan fingerprint density at radius 1 is 1.00 bits per heavy atom. The van der Waals surface area contributed by atoms with Crippen molar-refractivity contribution in [3.8, 4) is 0 Å². The normalized spacial score (nSPS) is 24.9. The van der Waals surface area contributed by atoms with Crippen molar-refractivity contribution < 1.29 is 36.1 Å². The largest absolute Gasteiger partial charge is 0.411 e. The Balaban J connectivity index is 1.95. The molecule has 3 rings (SSSR count). The third kappa shape index (κ3) is 4.83. The first-order valence-corrected chi connectivity index (χ1v) is 11.0. The number of fused-ring (bicyclic) bond motifs is 1. The molecule has 0 aromatic heterocycles. The highest BCUT2D eigenvalue weighted by Crippen LogP contribution is 2.44. The Morgan fingerprint density at radius 2 is 1.59 bits per heavy atom.